The maximum absolute atomic E-state index is 12.9. The van der Waals surface area contributed by atoms with Crippen molar-refractivity contribution in [2.45, 2.75) is 83.8 Å². The lowest BCUT2D eigenvalue weighted by Crippen LogP contribution is -2.56. The van der Waals surface area contributed by atoms with Crippen molar-refractivity contribution in [2.24, 2.45) is 5.73 Å². The molecule has 0 saturated carbocycles. The Morgan fingerprint density at radius 2 is 1.61 bits per heavy atom. The van der Waals surface area contributed by atoms with Crippen molar-refractivity contribution in [1.29, 1.82) is 0 Å². The average Bonchev–Trinajstić information content (AvgIpc) is 2.50. The SMILES string of the molecule is CC(C)(C)OC(=O)NC(=O)C(O[Si](C)(C)C(C)(C)C)C(N)Cc1ccccc1. The van der Waals surface area contributed by atoms with Gasteiger partial charge in [-0.15, -0.1) is 0 Å². The molecule has 0 heterocycles. The first-order valence-electron chi connectivity index (χ1n) is 9.63. The van der Waals surface area contributed by atoms with E-state index in [0.29, 0.717) is 6.42 Å². The van der Waals surface area contributed by atoms with E-state index in [-0.39, 0.29) is 5.04 Å². The van der Waals surface area contributed by atoms with E-state index in [4.69, 9.17) is 14.9 Å². The lowest BCUT2D eigenvalue weighted by Gasteiger charge is -2.40. The summed E-state index contributed by atoms with van der Waals surface area (Å²) in [5.74, 6) is -0.567. The minimum absolute atomic E-state index is 0.107. The van der Waals surface area contributed by atoms with Crippen LogP contribution in [0.3, 0.4) is 0 Å². The highest BCUT2D eigenvalue weighted by Crippen LogP contribution is 2.37. The second-order valence-electron chi connectivity index (χ2n) is 9.64. The number of hydrogen-bond acceptors (Lipinski definition) is 5. The van der Waals surface area contributed by atoms with E-state index in [2.05, 4.69) is 39.2 Å². The summed E-state index contributed by atoms with van der Waals surface area (Å²) in [6.07, 6.45) is -1.29. The van der Waals surface area contributed by atoms with Gasteiger partial charge in [0.15, 0.2) is 8.32 Å². The number of nitrogens with two attached hydrogens (primary N) is 1. The van der Waals surface area contributed by atoms with E-state index in [1.807, 2.05) is 30.3 Å². The van der Waals surface area contributed by atoms with E-state index < -0.39 is 38.1 Å². The Hall–Kier alpha value is -1.70. The molecular formula is C21H36N2O4Si. The van der Waals surface area contributed by atoms with Crippen molar-refractivity contribution in [3.05, 3.63) is 35.9 Å². The van der Waals surface area contributed by atoms with Crippen LogP contribution in [0.1, 0.15) is 47.1 Å². The topological polar surface area (TPSA) is 90.6 Å². The molecular weight excluding hydrogens is 372 g/mol. The van der Waals surface area contributed by atoms with Crippen molar-refractivity contribution < 1.29 is 18.8 Å². The van der Waals surface area contributed by atoms with Crippen molar-refractivity contribution in [2.75, 3.05) is 0 Å². The third-order valence-corrected chi connectivity index (χ3v) is 9.27. The number of alkyl carbamates (subject to hydrolysis) is 1. The van der Waals surface area contributed by atoms with Crippen LogP contribution in [0.25, 0.3) is 0 Å². The molecule has 1 aromatic rings. The zero-order valence-electron chi connectivity index (χ0n) is 18.5. The normalized spacial score (nSPS) is 14.9. The Morgan fingerprint density at radius 3 is 2.07 bits per heavy atom. The van der Waals surface area contributed by atoms with Crippen molar-refractivity contribution in [1.82, 2.24) is 5.32 Å². The molecule has 0 saturated heterocycles. The summed E-state index contributed by atoms with van der Waals surface area (Å²) in [5.41, 5.74) is 6.69. The Balaban J connectivity index is 3.02. The monoisotopic (exact) mass is 408 g/mol. The van der Waals surface area contributed by atoms with Gasteiger partial charge in [-0.25, -0.2) is 4.79 Å². The first-order chi connectivity index (χ1) is 12.6. The number of nitrogens with one attached hydrogen (secondary N) is 1. The number of rotatable bonds is 6. The van der Waals surface area contributed by atoms with Gasteiger partial charge in [0.25, 0.3) is 5.91 Å². The predicted molar refractivity (Wildman–Crippen MR) is 115 cm³/mol. The molecule has 0 bridgehead atoms. The van der Waals surface area contributed by atoms with Gasteiger partial charge in [0, 0.05) is 6.04 Å². The molecule has 6 nitrogen and oxygen atoms in total. The van der Waals surface area contributed by atoms with E-state index in [9.17, 15) is 9.59 Å². The molecule has 0 fully saturated rings. The fourth-order valence-electron chi connectivity index (χ4n) is 2.30. The molecule has 3 N–H and O–H groups in total. The number of amides is 2. The van der Waals surface area contributed by atoms with Crippen LogP contribution in [-0.4, -0.2) is 38.1 Å². The first kappa shape index (κ1) is 24.3. The second-order valence-corrected chi connectivity index (χ2v) is 14.4. The Labute approximate surface area is 170 Å². The van der Waals surface area contributed by atoms with Crippen LogP contribution in [0.4, 0.5) is 4.79 Å². The lowest BCUT2D eigenvalue weighted by molar-refractivity contribution is -0.129. The quantitative estimate of drug-likeness (QED) is 0.694. The summed E-state index contributed by atoms with van der Waals surface area (Å²) >= 11 is 0. The fraction of sp³-hybridized carbons (Fsp3) is 0.619. The third kappa shape index (κ3) is 7.73. The Kier molecular flexibility index (Phi) is 7.99. The smallest absolute Gasteiger partial charge is 0.414 e. The van der Waals surface area contributed by atoms with Crippen LogP contribution in [0.15, 0.2) is 30.3 Å². The standard InChI is InChI=1S/C21H36N2O4Si/c1-20(2,3)26-19(25)23-18(24)17(27-28(7,8)21(4,5)6)16(22)14-15-12-10-9-11-13-15/h9-13,16-17H,14,22H2,1-8H3,(H,23,24,25). The number of hydrogen-bond donors (Lipinski definition) is 2. The summed E-state index contributed by atoms with van der Waals surface area (Å²) in [5, 5.41) is 2.19. The molecule has 0 aliphatic rings. The van der Waals surface area contributed by atoms with Gasteiger partial charge in [-0.05, 0) is 50.9 Å². The van der Waals surface area contributed by atoms with Gasteiger partial charge in [0.05, 0.1) is 0 Å². The van der Waals surface area contributed by atoms with Gasteiger partial charge in [-0.2, -0.15) is 0 Å². The molecule has 1 aromatic carbocycles. The summed E-state index contributed by atoms with van der Waals surface area (Å²) in [7, 11) is -2.30. The molecule has 2 atom stereocenters. The number of carbonyl (C=O) groups is 2. The second kappa shape index (κ2) is 9.20. The first-order valence-corrected chi connectivity index (χ1v) is 12.5. The molecule has 158 valence electrons. The minimum atomic E-state index is -2.30. The van der Waals surface area contributed by atoms with Crippen LogP contribution < -0.4 is 11.1 Å². The zero-order chi connectivity index (χ0) is 21.8. The van der Waals surface area contributed by atoms with E-state index in [1.54, 1.807) is 20.8 Å². The summed E-state index contributed by atoms with van der Waals surface area (Å²) in [4.78, 5) is 25.0. The highest BCUT2D eigenvalue weighted by molar-refractivity contribution is 6.74. The van der Waals surface area contributed by atoms with Crippen molar-refractivity contribution in [3.8, 4) is 0 Å². The molecule has 0 spiro atoms. The largest absolute Gasteiger partial charge is 0.444 e. The maximum Gasteiger partial charge on any atom is 0.414 e. The highest BCUT2D eigenvalue weighted by atomic mass is 28.4. The number of carbonyl (C=O) groups excluding carboxylic acids is 2. The molecule has 28 heavy (non-hydrogen) atoms. The molecule has 0 radical (unpaired) electrons. The summed E-state index contributed by atoms with van der Waals surface area (Å²) in [6, 6.07) is 9.08. The Morgan fingerprint density at radius 1 is 1.07 bits per heavy atom. The predicted octanol–water partition coefficient (Wildman–Crippen LogP) is 4.00. The van der Waals surface area contributed by atoms with Crippen molar-refractivity contribution >= 4 is 20.3 Å². The van der Waals surface area contributed by atoms with Crippen molar-refractivity contribution in [3.63, 3.8) is 0 Å². The van der Waals surface area contributed by atoms with E-state index >= 15 is 0 Å². The van der Waals surface area contributed by atoms with Gasteiger partial charge in [-0.3, -0.25) is 10.1 Å². The van der Waals surface area contributed by atoms with Crippen LogP contribution in [0, 0.1) is 0 Å². The molecule has 0 aliphatic heterocycles. The Bertz CT molecular complexity index is 663. The van der Waals surface area contributed by atoms with Gasteiger partial charge in [-0.1, -0.05) is 51.1 Å². The fourth-order valence-corrected chi connectivity index (χ4v) is 3.57. The maximum atomic E-state index is 12.9. The van der Waals surface area contributed by atoms with Crippen LogP contribution in [0.2, 0.25) is 18.1 Å². The molecule has 2 unspecified atom stereocenters. The third-order valence-electron chi connectivity index (χ3n) is 4.81. The van der Waals surface area contributed by atoms with Crippen LogP contribution in [0.5, 0.6) is 0 Å². The van der Waals surface area contributed by atoms with Gasteiger partial charge in [0.1, 0.15) is 11.7 Å². The van der Waals surface area contributed by atoms with Gasteiger partial charge >= 0.3 is 6.09 Å². The van der Waals surface area contributed by atoms with E-state index in [1.165, 1.54) is 0 Å². The molecule has 0 aromatic heterocycles. The van der Waals surface area contributed by atoms with Gasteiger partial charge in [0.2, 0.25) is 0 Å². The molecule has 2 amide bonds. The van der Waals surface area contributed by atoms with Crippen LogP contribution >= 0.6 is 0 Å². The zero-order valence-corrected chi connectivity index (χ0v) is 19.5. The van der Waals surface area contributed by atoms with E-state index in [0.717, 1.165) is 5.56 Å². The minimum Gasteiger partial charge on any atom is -0.444 e. The number of ether oxygens (including phenoxy) is 1. The molecule has 0 aliphatic carbocycles. The van der Waals surface area contributed by atoms with Gasteiger partial charge < -0.3 is 14.9 Å². The highest BCUT2D eigenvalue weighted by Gasteiger charge is 2.42. The number of imide groups is 1. The van der Waals surface area contributed by atoms with Crippen LogP contribution in [-0.2, 0) is 20.4 Å². The lowest BCUT2D eigenvalue weighted by atomic mass is 10.0. The summed E-state index contributed by atoms with van der Waals surface area (Å²) < 4.78 is 11.5. The average molecular weight is 409 g/mol. The molecule has 1 rings (SSSR count). The molecule has 7 heteroatoms. The number of benzene rings is 1. The summed E-state index contributed by atoms with van der Waals surface area (Å²) in [6.45, 7) is 15.6.